The number of carbonyl (C=O) groups is 1. The van der Waals surface area contributed by atoms with E-state index in [9.17, 15) is 4.79 Å². The van der Waals surface area contributed by atoms with Gasteiger partial charge in [-0.2, -0.15) is 0 Å². The highest BCUT2D eigenvalue weighted by molar-refractivity contribution is 5.80. The molecule has 0 heterocycles. The summed E-state index contributed by atoms with van der Waals surface area (Å²) in [6.45, 7) is 2.21. The van der Waals surface area contributed by atoms with Crippen LogP contribution in [0.4, 0.5) is 5.69 Å². The maximum Gasteiger partial charge on any atom is 0.260 e. The maximum absolute atomic E-state index is 12.1. The summed E-state index contributed by atoms with van der Waals surface area (Å²) in [6.07, 6.45) is 0.0924. The highest BCUT2D eigenvalue weighted by atomic mass is 16.5. The number of nitrogen functional groups attached to an aromatic ring is 1. The van der Waals surface area contributed by atoms with Crippen molar-refractivity contribution in [2.75, 3.05) is 26.5 Å². The number of nitrogens with one attached hydrogen (secondary N) is 1. The number of anilines is 1. The van der Waals surface area contributed by atoms with Crippen LogP contribution in [0.3, 0.4) is 0 Å². The Kier molecular flexibility index (Phi) is 6.51. The van der Waals surface area contributed by atoms with Gasteiger partial charge < -0.3 is 25.3 Å². The molecule has 0 aromatic heterocycles. The number of hydrogen-bond acceptors (Lipinski definition) is 5. The highest BCUT2D eigenvalue weighted by Crippen LogP contribution is 2.27. The maximum atomic E-state index is 12.1. The fourth-order valence-corrected chi connectivity index (χ4v) is 2.31. The molecule has 0 spiro atoms. The average molecular weight is 344 g/mol. The van der Waals surface area contributed by atoms with Crippen molar-refractivity contribution in [3.63, 3.8) is 0 Å². The second kappa shape index (κ2) is 8.82. The van der Waals surface area contributed by atoms with Crippen molar-refractivity contribution in [1.82, 2.24) is 5.32 Å². The van der Waals surface area contributed by atoms with Gasteiger partial charge in [-0.1, -0.05) is 6.07 Å². The molecule has 6 heteroatoms. The molecule has 1 amide bonds. The van der Waals surface area contributed by atoms with E-state index in [0.717, 1.165) is 5.56 Å². The number of ether oxygens (including phenoxy) is 3. The number of carbonyl (C=O) groups excluding carboxylic acids is 1. The van der Waals surface area contributed by atoms with Gasteiger partial charge in [0.15, 0.2) is 17.6 Å². The summed E-state index contributed by atoms with van der Waals surface area (Å²) in [5.74, 6) is 1.79. The standard InChI is InChI=1S/C19H24N2O4/c1-13(25-16-7-5-15(20)6-8-16)19(22)21-11-10-14-4-9-17(23-2)18(12-14)24-3/h4-9,12-13H,10-11,20H2,1-3H3,(H,21,22). The van der Waals surface area contributed by atoms with Gasteiger partial charge >= 0.3 is 0 Å². The first-order chi connectivity index (χ1) is 12.0. The van der Waals surface area contributed by atoms with Crippen LogP contribution in [0.5, 0.6) is 17.2 Å². The van der Waals surface area contributed by atoms with Crippen LogP contribution in [-0.4, -0.2) is 32.8 Å². The van der Waals surface area contributed by atoms with E-state index in [4.69, 9.17) is 19.9 Å². The average Bonchev–Trinajstić information content (AvgIpc) is 2.63. The molecule has 134 valence electrons. The Morgan fingerprint density at radius 1 is 1.08 bits per heavy atom. The van der Waals surface area contributed by atoms with E-state index in [-0.39, 0.29) is 5.91 Å². The second-order valence-electron chi connectivity index (χ2n) is 5.56. The first kappa shape index (κ1) is 18.4. The third kappa shape index (κ3) is 5.31. The van der Waals surface area contributed by atoms with Gasteiger partial charge in [-0.15, -0.1) is 0 Å². The summed E-state index contributed by atoms with van der Waals surface area (Å²) in [7, 11) is 3.19. The van der Waals surface area contributed by atoms with Gasteiger partial charge in [0, 0.05) is 12.2 Å². The zero-order valence-electron chi connectivity index (χ0n) is 14.7. The molecule has 0 aliphatic rings. The topological polar surface area (TPSA) is 82.8 Å². The summed E-state index contributed by atoms with van der Waals surface area (Å²) >= 11 is 0. The van der Waals surface area contributed by atoms with Crippen LogP contribution in [0, 0.1) is 0 Å². The lowest BCUT2D eigenvalue weighted by molar-refractivity contribution is -0.127. The first-order valence-electron chi connectivity index (χ1n) is 8.04. The zero-order valence-corrected chi connectivity index (χ0v) is 14.7. The molecule has 0 fully saturated rings. The largest absolute Gasteiger partial charge is 0.493 e. The van der Waals surface area contributed by atoms with E-state index in [2.05, 4.69) is 5.32 Å². The molecule has 0 radical (unpaired) electrons. The Hall–Kier alpha value is -2.89. The molecule has 0 aliphatic carbocycles. The number of methoxy groups -OCH3 is 2. The zero-order chi connectivity index (χ0) is 18.2. The normalized spacial score (nSPS) is 11.5. The lowest BCUT2D eigenvalue weighted by Gasteiger charge is -2.15. The van der Waals surface area contributed by atoms with Gasteiger partial charge in [0.05, 0.1) is 14.2 Å². The quantitative estimate of drug-likeness (QED) is 0.719. The van der Waals surface area contributed by atoms with Crippen LogP contribution in [0.2, 0.25) is 0 Å². The Morgan fingerprint density at radius 3 is 2.40 bits per heavy atom. The fourth-order valence-electron chi connectivity index (χ4n) is 2.31. The lowest BCUT2D eigenvalue weighted by Crippen LogP contribution is -2.37. The minimum atomic E-state index is -0.589. The van der Waals surface area contributed by atoms with Crippen molar-refractivity contribution in [2.24, 2.45) is 0 Å². The molecular weight excluding hydrogens is 320 g/mol. The number of benzene rings is 2. The van der Waals surface area contributed by atoms with Crippen LogP contribution in [0.1, 0.15) is 12.5 Å². The van der Waals surface area contributed by atoms with Gasteiger partial charge in [-0.3, -0.25) is 4.79 Å². The Morgan fingerprint density at radius 2 is 1.76 bits per heavy atom. The Labute approximate surface area is 147 Å². The van der Waals surface area contributed by atoms with E-state index < -0.39 is 6.10 Å². The summed E-state index contributed by atoms with van der Waals surface area (Å²) in [4.78, 5) is 12.1. The SMILES string of the molecule is COc1ccc(CCNC(=O)C(C)Oc2ccc(N)cc2)cc1OC. The summed E-state index contributed by atoms with van der Waals surface area (Å²) in [6, 6.07) is 12.6. The molecule has 0 bridgehead atoms. The number of hydrogen-bond donors (Lipinski definition) is 2. The lowest BCUT2D eigenvalue weighted by atomic mass is 10.1. The molecular formula is C19H24N2O4. The third-order valence-corrected chi connectivity index (χ3v) is 3.72. The van der Waals surface area contributed by atoms with E-state index in [1.165, 1.54) is 0 Å². The van der Waals surface area contributed by atoms with Crippen LogP contribution in [0.15, 0.2) is 42.5 Å². The smallest absolute Gasteiger partial charge is 0.260 e. The molecule has 1 atom stereocenters. The molecule has 1 unspecified atom stereocenters. The van der Waals surface area contributed by atoms with Crippen LogP contribution >= 0.6 is 0 Å². The molecule has 2 aromatic carbocycles. The van der Waals surface area contributed by atoms with Crippen LogP contribution < -0.4 is 25.3 Å². The first-order valence-corrected chi connectivity index (χ1v) is 8.04. The van der Waals surface area contributed by atoms with Crippen molar-refractivity contribution < 1.29 is 19.0 Å². The van der Waals surface area contributed by atoms with Crippen molar-refractivity contribution in [2.45, 2.75) is 19.4 Å². The Bertz CT molecular complexity index is 701. The Balaban J connectivity index is 1.82. The monoisotopic (exact) mass is 344 g/mol. The summed E-state index contributed by atoms with van der Waals surface area (Å²) < 4.78 is 16.1. The van der Waals surface area contributed by atoms with Gasteiger partial charge in [0.25, 0.3) is 5.91 Å². The van der Waals surface area contributed by atoms with E-state index in [1.807, 2.05) is 18.2 Å². The van der Waals surface area contributed by atoms with Crippen molar-refractivity contribution in [1.29, 1.82) is 0 Å². The molecule has 0 aliphatic heterocycles. The molecule has 25 heavy (non-hydrogen) atoms. The minimum absolute atomic E-state index is 0.169. The second-order valence-corrected chi connectivity index (χ2v) is 5.56. The molecule has 3 N–H and O–H groups in total. The van der Waals surface area contributed by atoms with Crippen molar-refractivity contribution in [3.8, 4) is 17.2 Å². The number of amides is 1. The molecule has 2 aromatic rings. The van der Waals surface area contributed by atoms with E-state index in [1.54, 1.807) is 45.4 Å². The van der Waals surface area contributed by atoms with E-state index in [0.29, 0.717) is 35.9 Å². The number of nitrogens with two attached hydrogens (primary N) is 1. The third-order valence-electron chi connectivity index (χ3n) is 3.72. The van der Waals surface area contributed by atoms with Gasteiger partial charge in [0.2, 0.25) is 0 Å². The van der Waals surface area contributed by atoms with Crippen LogP contribution in [0.25, 0.3) is 0 Å². The van der Waals surface area contributed by atoms with Crippen molar-refractivity contribution >= 4 is 11.6 Å². The molecule has 6 nitrogen and oxygen atoms in total. The minimum Gasteiger partial charge on any atom is -0.493 e. The molecule has 0 saturated carbocycles. The van der Waals surface area contributed by atoms with E-state index >= 15 is 0 Å². The summed E-state index contributed by atoms with van der Waals surface area (Å²) in [5.41, 5.74) is 7.32. The predicted molar refractivity (Wildman–Crippen MR) is 97.2 cm³/mol. The van der Waals surface area contributed by atoms with Gasteiger partial charge in [0.1, 0.15) is 5.75 Å². The highest BCUT2D eigenvalue weighted by Gasteiger charge is 2.14. The molecule has 0 saturated heterocycles. The summed E-state index contributed by atoms with van der Waals surface area (Å²) in [5, 5.41) is 2.87. The van der Waals surface area contributed by atoms with Gasteiger partial charge in [-0.25, -0.2) is 0 Å². The number of rotatable bonds is 8. The van der Waals surface area contributed by atoms with Crippen molar-refractivity contribution in [3.05, 3.63) is 48.0 Å². The fraction of sp³-hybridized carbons (Fsp3) is 0.316. The molecule has 2 rings (SSSR count). The van der Waals surface area contributed by atoms with Crippen LogP contribution in [-0.2, 0) is 11.2 Å². The predicted octanol–water partition coefficient (Wildman–Crippen LogP) is 2.41. The van der Waals surface area contributed by atoms with Gasteiger partial charge in [-0.05, 0) is 55.3 Å².